The average molecular weight is 402 g/mol. The highest BCUT2D eigenvalue weighted by Gasteiger charge is 2.24. The molecule has 148 valence electrons. The summed E-state index contributed by atoms with van der Waals surface area (Å²) in [5.74, 6) is -0.260. The molecule has 7 heteroatoms. The van der Waals surface area contributed by atoms with Gasteiger partial charge in [0.2, 0.25) is 0 Å². The maximum atomic E-state index is 14.3. The van der Waals surface area contributed by atoms with Gasteiger partial charge >= 0.3 is 0 Å². The van der Waals surface area contributed by atoms with Crippen LogP contribution in [0, 0.1) is 5.82 Å². The van der Waals surface area contributed by atoms with Crippen LogP contribution in [0.5, 0.6) is 5.75 Å². The summed E-state index contributed by atoms with van der Waals surface area (Å²) in [6.45, 7) is 7.03. The quantitative estimate of drug-likeness (QED) is 0.560. The van der Waals surface area contributed by atoms with Crippen LogP contribution < -0.4 is 9.64 Å². The first kappa shape index (κ1) is 20.2. The largest absolute Gasteiger partial charge is 0.494 e. The zero-order chi connectivity index (χ0) is 20.1. The molecule has 3 rings (SSSR count). The minimum absolute atomic E-state index is 0.0493. The van der Waals surface area contributed by atoms with Crippen LogP contribution in [-0.2, 0) is 0 Å². The molecule has 1 heterocycles. The van der Waals surface area contributed by atoms with E-state index in [4.69, 9.17) is 4.74 Å². The number of nitrogens with zero attached hydrogens (tertiary/aromatic N) is 3. The van der Waals surface area contributed by atoms with Gasteiger partial charge in [-0.1, -0.05) is 43.4 Å². The number of methoxy groups -OCH3 is 1. The number of hydrogen-bond acceptors (Lipinski definition) is 5. The maximum absolute atomic E-state index is 14.3. The minimum atomic E-state index is -0.529. The maximum Gasteiger partial charge on any atom is 0.263 e. The first-order chi connectivity index (χ1) is 13.6. The molecule has 28 heavy (non-hydrogen) atoms. The van der Waals surface area contributed by atoms with Gasteiger partial charge in [0.15, 0.2) is 5.13 Å². The Hall–Kier alpha value is -2.51. The number of anilines is 1. The molecule has 1 amide bonds. The fourth-order valence-electron chi connectivity index (χ4n) is 3.04. The van der Waals surface area contributed by atoms with Gasteiger partial charge in [0, 0.05) is 13.1 Å². The van der Waals surface area contributed by atoms with Gasteiger partial charge in [-0.25, -0.2) is 9.37 Å². The van der Waals surface area contributed by atoms with Crippen molar-refractivity contribution >= 4 is 32.6 Å². The van der Waals surface area contributed by atoms with Gasteiger partial charge in [0.05, 0.1) is 17.4 Å². The van der Waals surface area contributed by atoms with Gasteiger partial charge in [-0.2, -0.15) is 0 Å². The number of thiazole rings is 1. The number of rotatable bonds is 8. The van der Waals surface area contributed by atoms with E-state index in [1.807, 2.05) is 18.2 Å². The number of likely N-dealkylation sites (N-methyl/N-ethyl adjacent to an activating group) is 1. The lowest BCUT2D eigenvalue weighted by Gasteiger charge is -2.24. The molecule has 0 bridgehead atoms. The Labute approximate surface area is 168 Å². The van der Waals surface area contributed by atoms with E-state index in [0.29, 0.717) is 29.5 Å². The van der Waals surface area contributed by atoms with Gasteiger partial charge < -0.3 is 9.64 Å². The van der Waals surface area contributed by atoms with Crippen molar-refractivity contribution in [2.24, 2.45) is 0 Å². The second-order valence-corrected chi connectivity index (χ2v) is 7.28. The van der Waals surface area contributed by atoms with Gasteiger partial charge in [-0.05, 0) is 37.4 Å². The molecule has 0 radical (unpaired) electrons. The van der Waals surface area contributed by atoms with Crippen molar-refractivity contribution in [2.45, 2.75) is 13.8 Å². The summed E-state index contributed by atoms with van der Waals surface area (Å²) in [6.07, 6.45) is 0. The van der Waals surface area contributed by atoms with Crippen LogP contribution in [0.3, 0.4) is 0 Å². The molecule has 5 nitrogen and oxygen atoms in total. The van der Waals surface area contributed by atoms with Crippen molar-refractivity contribution in [3.8, 4) is 5.75 Å². The smallest absolute Gasteiger partial charge is 0.263 e. The normalized spacial score (nSPS) is 11.2. The standard InChI is InChI=1S/C21H24FN3O2S/c1-4-24(5-2)13-14-25(20(26)15-9-6-7-10-16(15)22)21-23-19-17(27-3)11-8-12-18(19)28-21/h6-12H,4-5,13-14H2,1-3H3. The molecule has 2 aromatic carbocycles. The molecule has 0 aliphatic carbocycles. The number of hydrogen-bond donors (Lipinski definition) is 0. The highest BCUT2D eigenvalue weighted by Crippen LogP contribution is 2.34. The first-order valence-electron chi connectivity index (χ1n) is 9.31. The van der Waals surface area contributed by atoms with Crippen LogP contribution in [0.2, 0.25) is 0 Å². The first-order valence-corrected chi connectivity index (χ1v) is 10.1. The van der Waals surface area contributed by atoms with Crippen LogP contribution in [0.15, 0.2) is 42.5 Å². The van der Waals surface area contributed by atoms with Gasteiger partial charge in [0.1, 0.15) is 17.1 Å². The zero-order valence-electron chi connectivity index (χ0n) is 16.3. The molecule has 0 N–H and O–H groups in total. The molecule has 0 fully saturated rings. The fourth-order valence-corrected chi connectivity index (χ4v) is 4.04. The van der Waals surface area contributed by atoms with Gasteiger partial charge in [-0.15, -0.1) is 0 Å². The van der Waals surface area contributed by atoms with Crippen molar-refractivity contribution in [2.75, 3.05) is 38.2 Å². The van der Waals surface area contributed by atoms with Crippen LogP contribution in [0.25, 0.3) is 10.2 Å². The Morgan fingerprint density at radius 2 is 1.86 bits per heavy atom. The van der Waals surface area contributed by atoms with Gasteiger partial charge in [0.25, 0.3) is 5.91 Å². The van der Waals surface area contributed by atoms with E-state index in [0.717, 1.165) is 17.8 Å². The third-order valence-electron chi connectivity index (χ3n) is 4.71. The number of carbonyl (C=O) groups excluding carboxylic acids is 1. The molecule has 1 aromatic heterocycles. The van der Waals surface area contributed by atoms with E-state index in [1.165, 1.54) is 23.5 Å². The number of benzene rings is 2. The Balaban J connectivity index is 2.00. The highest BCUT2D eigenvalue weighted by molar-refractivity contribution is 7.22. The predicted octanol–water partition coefficient (Wildman–Crippen LogP) is 4.43. The number of halogens is 1. The third-order valence-corrected chi connectivity index (χ3v) is 5.75. The van der Waals surface area contributed by atoms with E-state index < -0.39 is 5.82 Å². The van der Waals surface area contributed by atoms with E-state index in [1.54, 1.807) is 24.1 Å². The van der Waals surface area contributed by atoms with Gasteiger partial charge in [-0.3, -0.25) is 9.69 Å². The average Bonchev–Trinajstić information content (AvgIpc) is 3.15. The van der Waals surface area contributed by atoms with Crippen molar-refractivity contribution in [3.63, 3.8) is 0 Å². The summed E-state index contributed by atoms with van der Waals surface area (Å²) in [6, 6.07) is 11.7. The second-order valence-electron chi connectivity index (χ2n) is 6.27. The predicted molar refractivity (Wildman–Crippen MR) is 112 cm³/mol. The fraction of sp³-hybridized carbons (Fsp3) is 0.333. The van der Waals surface area contributed by atoms with Crippen LogP contribution in [0.4, 0.5) is 9.52 Å². The number of carbonyl (C=O) groups is 1. The van der Waals surface area contributed by atoms with Crippen molar-refractivity contribution < 1.29 is 13.9 Å². The van der Waals surface area contributed by atoms with Crippen LogP contribution >= 0.6 is 11.3 Å². The SMILES string of the molecule is CCN(CC)CCN(C(=O)c1ccccc1F)c1nc2c(OC)cccc2s1. The number of fused-ring (bicyclic) bond motifs is 1. The molecule has 0 aliphatic heterocycles. The summed E-state index contributed by atoms with van der Waals surface area (Å²) in [4.78, 5) is 21.6. The van der Waals surface area contributed by atoms with Crippen molar-refractivity contribution in [3.05, 3.63) is 53.8 Å². The van der Waals surface area contributed by atoms with E-state index in [9.17, 15) is 9.18 Å². The Bertz CT molecular complexity index is 956. The van der Waals surface area contributed by atoms with E-state index in [2.05, 4.69) is 23.7 Å². The van der Waals surface area contributed by atoms with E-state index >= 15 is 0 Å². The Kier molecular flexibility index (Phi) is 6.59. The molecule has 3 aromatic rings. The number of para-hydroxylation sites is 1. The summed E-state index contributed by atoms with van der Waals surface area (Å²) in [5.41, 5.74) is 0.757. The molecule has 0 saturated carbocycles. The van der Waals surface area contributed by atoms with E-state index in [-0.39, 0.29) is 11.5 Å². The Morgan fingerprint density at radius 3 is 2.54 bits per heavy atom. The molecule has 0 atom stereocenters. The molecule has 0 unspecified atom stereocenters. The minimum Gasteiger partial charge on any atom is -0.494 e. The second kappa shape index (κ2) is 9.12. The lowest BCUT2D eigenvalue weighted by molar-refractivity contribution is 0.0980. The molecule has 0 aliphatic rings. The lowest BCUT2D eigenvalue weighted by Crippen LogP contribution is -2.39. The highest BCUT2D eigenvalue weighted by atomic mass is 32.1. The zero-order valence-corrected chi connectivity index (χ0v) is 17.1. The molecular weight excluding hydrogens is 377 g/mol. The third kappa shape index (κ3) is 4.15. The van der Waals surface area contributed by atoms with Crippen molar-refractivity contribution in [1.82, 2.24) is 9.88 Å². The summed E-state index contributed by atoms with van der Waals surface area (Å²) >= 11 is 1.40. The summed E-state index contributed by atoms with van der Waals surface area (Å²) < 4.78 is 20.6. The number of amides is 1. The monoisotopic (exact) mass is 401 g/mol. The topological polar surface area (TPSA) is 45.7 Å². The molecular formula is C21H24FN3O2S. The lowest BCUT2D eigenvalue weighted by atomic mass is 10.2. The number of ether oxygens (including phenoxy) is 1. The molecule has 0 saturated heterocycles. The summed E-state index contributed by atoms with van der Waals surface area (Å²) in [5, 5.41) is 0.542. The summed E-state index contributed by atoms with van der Waals surface area (Å²) in [7, 11) is 1.59. The Morgan fingerprint density at radius 1 is 1.11 bits per heavy atom. The number of aromatic nitrogens is 1. The van der Waals surface area contributed by atoms with Crippen LogP contribution in [-0.4, -0.2) is 49.1 Å². The molecule has 0 spiro atoms. The van der Waals surface area contributed by atoms with Crippen molar-refractivity contribution in [1.29, 1.82) is 0 Å². The van der Waals surface area contributed by atoms with Crippen LogP contribution in [0.1, 0.15) is 24.2 Å².